The van der Waals surface area contributed by atoms with Crippen LogP contribution in [0.25, 0.3) is 11.3 Å². The normalized spacial score (nSPS) is 18.6. The molecule has 6 nitrogen and oxygen atoms in total. The fraction of sp³-hybridized carbons (Fsp3) is 0.286. The van der Waals surface area contributed by atoms with E-state index in [1.165, 1.54) is 11.0 Å². The number of likely N-dealkylation sites (tertiary alicyclic amines) is 1. The fourth-order valence-electron chi connectivity index (χ4n) is 2.86. The summed E-state index contributed by atoms with van der Waals surface area (Å²) in [6.07, 6.45) is 0.272. The van der Waals surface area contributed by atoms with Crippen molar-refractivity contribution in [2.45, 2.75) is 18.9 Å². The summed E-state index contributed by atoms with van der Waals surface area (Å²) in [5, 5.41) is 10.8. The lowest BCUT2D eigenvalue weighted by Crippen LogP contribution is -2.37. The average Bonchev–Trinajstić information content (AvgIpc) is 2.94. The summed E-state index contributed by atoms with van der Waals surface area (Å²) < 4.78 is 4.98. The second-order valence-electron chi connectivity index (χ2n) is 6.44. The lowest BCUT2D eigenvalue weighted by molar-refractivity contribution is -0.137. The van der Waals surface area contributed by atoms with E-state index in [9.17, 15) is 14.7 Å². The Balaban J connectivity index is 1.92. The van der Waals surface area contributed by atoms with E-state index in [2.05, 4.69) is 16.8 Å². The first-order valence-corrected chi connectivity index (χ1v) is 9.16. The van der Waals surface area contributed by atoms with E-state index in [4.69, 9.17) is 16.3 Å². The third-order valence-corrected chi connectivity index (χ3v) is 4.57. The second-order valence-corrected chi connectivity index (χ2v) is 6.88. The van der Waals surface area contributed by atoms with Gasteiger partial charge in [-0.05, 0) is 31.2 Å². The molecule has 2 aromatic rings. The van der Waals surface area contributed by atoms with Crippen LogP contribution in [-0.4, -0.2) is 52.7 Å². The van der Waals surface area contributed by atoms with Crippen LogP contribution >= 0.6 is 11.6 Å². The maximum atomic E-state index is 12.0. The number of benzene rings is 1. The van der Waals surface area contributed by atoms with Gasteiger partial charge in [0.05, 0.1) is 12.3 Å². The standard InChI is InChI=1S/C21H19ClN2O4/c1-3-28-19(25)18-13-16(22)12-17(23-18)15-6-4-5-14(11-15)7-8-21(27)9-10-24(2)20(21)26/h4-6,11-13,27H,3,9-10H2,1-2H3/t21-/m0/s1. The highest BCUT2D eigenvalue weighted by atomic mass is 35.5. The van der Waals surface area contributed by atoms with Crippen LogP contribution in [0.2, 0.25) is 5.02 Å². The van der Waals surface area contributed by atoms with Crippen molar-refractivity contribution in [3.63, 3.8) is 0 Å². The molecular weight excluding hydrogens is 380 g/mol. The molecule has 0 spiro atoms. The van der Waals surface area contributed by atoms with Gasteiger partial charge in [-0.15, -0.1) is 0 Å². The molecule has 1 aliphatic rings. The van der Waals surface area contributed by atoms with Crippen LogP contribution < -0.4 is 0 Å². The Morgan fingerprint density at radius 2 is 2.18 bits per heavy atom. The van der Waals surface area contributed by atoms with E-state index in [-0.39, 0.29) is 18.7 Å². The van der Waals surface area contributed by atoms with Gasteiger partial charge in [-0.25, -0.2) is 9.78 Å². The van der Waals surface area contributed by atoms with Gasteiger partial charge in [0, 0.05) is 36.2 Å². The fourth-order valence-corrected chi connectivity index (χ4v) is 3.06. The van der Waals surface area contributed by atoms with E-state index >= 15 is 0 Å². The van der Waals surface area contributed by atoms with E-state index in [1.54, 1.807) is 38.2 Å². The summed E-state index contributed by atoms with van der Waals surface area (Å²) in [4.78, 5) is 29.8. The maximum absolute atomic E-state index is 12.0. The first kappa shape index (κ1) is 19.9. The predicted octanol–water partition coefficient (Wildman–Crippen LogP) is 2.52. The van der Waals surface area contributed by atoms with Crippen molar-refractivity contribution in [2.24, 2.45) is 0 Å². The number of pyridine rings is 1. The van der Waals surface area contributed by atoms with Gasteiger partial charge in [-0.2, -0.15) is 0 Å². The molecule has 0 aliphatic carbocycles. The Morgan fingerprint density at radius 1 is 1.39 bits per heavy atom. The highest BCUT2D eigenvalue weighted by molar-refractivity contribution is 6.31. The number of carbonyl (C=O) groups is 2. The summed E-state index contributed by atoms with van der Waals surface area (Å²) in [5.41, 5.74) is 0.259. The van der Waals surface area contributed by atoms with Crippen molar-refractivity contribution in [3.8, 4) is 23.1 Å². The molecule has 1 N–H and O–H groups in total. The van der Waals surface area contributed by atoms with Crippen LogP contribution in [0.5, 0.6) is 0 Å². The molecule has 2 heterocycles. The minimum absolute atomic E-state index is 0.120. The number of rotatable bonds is 3. The lowest BCUT2D eigenvalue weighted by Gasteiger charge is -2.13. The molecule has 1 aromatic heterocycles. The molecule has 0 unspecified atom stereocenters. The molecule has 1 aromatic carbocycles. The Kier molecular flexibility index (Phi) is 5.68. The van der Waals surface area contributed by atoms with Crippen molar-refractivity contribution in [1.29, 1.82) is 0 Å². The summed E-state index contributed by atoms with van der Waals surface area (Å²) in [7, 11) is 1.63. The molecule has 144 valence electrons. The van der Waals surface area contributed by atoms with Crippen LogP contribution in [0.15, 0.2) is 36.4 Å². The zero-order valence-electron chi connectivity index (χ0n) is 15.5. The molecule has 0 saturated carbocycles. The van der Waals surface area contributed by atoms with E-state index in [0.29, 0.717) is 28.4 Å². The largest absolute Gasteiger partial charge is 0.461 e. The van der Waals surface area contributed by atoms with E-state index in [0.717, 1.165) is 0 Å². The van der Waals surface area contributed by atoms with Gasteiger partial charge in [0.1, 0.15) is 0 Å². The third kappa shape index (κ3) is 4.16. The van der Waals surface area contributed by atoms with E-state index in [1.807, 2.05) is 6.07 Å². The van der Waals surface area contributed by atoms with Gasteiger partial charge in [-0.1, -0.05) is 35.6 Å². The van der Waals surface area contributed by atoms with Crippen molar-refractivity contribution in [3.05, 3.63) is 52.7 Å². The molecule has 7 heteroatoms. The Hall–Kier alpha value is -2.88. The second kappa shape index (κ2) is 8.01. The molecule has 0 radical (unpaired) electrons. The van der Waals surface area contributed by atoms with Crippen molar-refractivity contribution >= 4 is 23.5 Å². The van der Waals surface area contributed by atoms with Crippen LogP contribution in [0.3, 0.4) is 0 Å². The highest BCUT2D eigenvalue weighted by Crippen LogP contribution is 2.24. The molecule has 1 aliphatic heterocycles. The molecule has 3 rings (SSSR count). The number of ether oxygens (including phenoxy) is 1. The predicted molar refractivity (Wildman–Crippen MR) is 105 cm³/mol. The third-order valence-electron chi connectivity index (χ3n) is 4.36. The summed E-state index contributed by atoms with van der Waals surface area (Å²) in [5.74, 6) is 4.60. The zero-order valence-corrected chi connectivity index (χ0v) is 16.3. The maximum Gasteiger partial charge on any atom is 0.356 e. The lowest BCUT2D eigenvalue weighted by atomic mass is 10.0. The summed E-state index contributed by atoms with van der Waals surface area (Å²) in [6.45, 7) is 2.42. The van der Waals surface area contributed by atoms with Crippen molar-refractivity contribution < 1.29 is 19.4 Å². The van der Waals surface area contributed by atoms with Gasteiger partial charge < -0.3 is 14.7 Å². The molecule has 1 saturated heterocycles. The van der Waals surface area contributed by atoms with Gasteiger partial charge in [0.25, 0.3) is 5.91 Å². The molecule has 0 bridgehead atoms. The number of aliphatic hydroxyl groups is 1. The number of carbonyl (C=O) groups excluding carboxylic acids is 2. The number of likely N-dealkylation sites (N-methyl/N-ethyl adjacent to an activating group) is 1. The molecule has 1 atom stereocenters. The van der Waals surface area contributed by atoms with Crippen LogP contribution in [0, 0.1) is 11.8 Å². The Labute approximate surface area is 168 Å². The smallest absolute Gasteiger partial charge is 0.356 e. The Bertz CT molecular complexity index is 995. The highest BCUT2D eigenvalue weighted by Gasteiger charge is 2.42. The number of aromatic nitrogens is 1. The van der Waals surface area contributed by atoms with Gasteiger partial charge in [-0.3, -0.25) is 4.79 Å². The minimum atomic E-state index is -1.66. The number of hydrogen-bond acceptors (Lipinski definition) is 5. The quantitative estimate of drug-likeness (QED) is 0.634. The van der Waals surface area contributed by atoms with Crippen molar-refractivity contribution in [2.75, 3.05) is 20.2 Å². The monoisotopic (exact) mass is 398 g/mol. The van der Waals surface area contributed by atoms with Gasteiger partial charge >= 0.3 is 5.97 Å². The van der Waals surface area contributed by atoms with Gasteiger partial charge in [0.15, 0.2) is 5.69 Å². The van der Waals surface area contributed by atoms with Gasteiger partial charge in [0.2, 0.25) is 5.60 Å². The van der Waals surface area contributed by atoms with E-state index < -0.39 is 17.5 Å². The first-order valence-electron chi connectivity index (χ1n) is 8.78. The molecular formula is C21H19ClN2O4. The number of amides is 1. The Morgan fingerprint density at radius 3 is 2.86 bits per heavy atom. The number of nitrogens with zero attached hydrogens (tertiary/aromatic N) is 2. The van der Waals surface area contributed by atoms with Crippen molar-refractivity contribution in [1.82, 2.24) is 9.88 Å². The number of esters is 1. The molecule has 1 amide bonds. The van der Waals surface area contributed by atoms with Crippen LogP contribution in [0.1, 0.15) is 29.4 Å². The average molecular weight is 399 g/mol. The summed E-state index contributed by atoms with van der Waals surface area (Å²) in [6, 6.07) is 10.2. The number of hydrogen-bond donors (Lipinski definition) is 1. The molecule has 1 fully saturated rings. The summed E-state index contributed by atoms with van der Waals surface area (Å²) >= 11 is 6.13. The number of halogens is 1. The topological polar surface area (TPSA) is 79.7 Å². The van der Waals surface area contributed by atoms with Crippen LogP contribution in [0.4, 0.5) is 0 Å². The van der Waals surface area contributed by atoms with Crippen LogP contribution in [-0.2, 0) is 9.53 Å². The SMILES string of the molecule is CCOC(=O)c1cc(Cl)cc(-c2cccc(C#C[C@]3(O)CCN(C)C3=O)c2)n1. The molecule has 28 heavy (non-hydrogen) atoms. The minimum Gasteiger partial charge on any atom is -0.461 e. The zero-order chi connectivity index (χ0) is 20.3. The first-order chi connectivity index (χ1) is 13.3.